The van der Waals surface area contributed by atoms with E-state index in [1.54, 1.807) is 0 Å². The largest absolute Gasteiger partial charge is 0.462 e. The first-order chi connectivity index (χ1) is 40.0. The van der Waals surface area contributed by atoms with Gasteiger partial charge in [-0.1, -0.05) is 276 Å². The number of carbonyl (C=O) groups is 3. The molecule has 0 rings (SSSR count). The van der Waals surface area contributed by atoms with Crippen LogP contribution in [0.5, 0.6) is 0 Å². The zero-order valence-corrected chi connectivity index (χ0v) is 52.8. The molecule has 0 aliphatic carbocycles. The van der Waals surface area contributed by atoms with Gasteiger partial charge in [0.15, 0.2) is 6.10 Å². The molecule has 0 fully saturated rings. The Kier molecular flexibility index (Phi) is 64.3. The van der Waals surface area contributed by atoms with Gasteiger partial charge in [0.2, 0.25) is 0 Å². The molecule has 0 aromatic rings. The molecule has 0 spiro atoms. The summed E-state index contributed by atoms with van der Waals surface area (Å²) in [6, 6.07) is 0. The normalized spacial score (nSPS) is 13.0. The van der Waals surface area contributed by atoms with E-state index in [2.05, 4.69) is 154 Å². The van der Waals surface area contributed by atoms with Gasteiger partial charge in [0.05, 0.1) is 0 Å². The molecule has 0 N–H and O–H groups in total. The first-order valence-corrected chi connectivity index (χ1v) is 33.7. The third-order valence-corrected chi connectivity index (χ3v) is 14.1. The van der Waals surface area contributed by atoms with Crippen LogP contribution in [0.1, 0.15) is 303 Å². The van der Waals surface area contributed by atoms with Crippen LogP contribution < -0.4 is 0 Å². The molecule has 0 bridgehead atoms. The highest BCUT2D eigenvalue weighted by atomic mass is 16.6. The number of carbonyl (C=O) groups excluding carboxylic acids is 3. The first-order valence-electron chi connectivity index (χ1n) is 33.7. The quantitative estimate of drug-likeness (QED) is 0.0261. The van der Waals surface area contributed by atoms with Crippen LogP contribution in [0.3, 0.4) is 0 Å². The number of unbranched alkanes of at least 4 members (excludes halogenated alkanes) is 27. The van der Waals surface area contributed by atoms with E-state index in [0.717, 1.165) is 122 Å². The summed E-state index contributed by atoms with van der Waals surface area (Å²) in [6.07, 6.45) is 96.0. The van der Waals surface area contributed by atoms with Crippen LogP contribution in [-0.2, 0) is 28.6 Å². The summed E-state index contributed by atoms with van der Waals surface area (Å²) in [6.45, 7) is 6.48. The number of ether oxygens (including phenoxy) is 3. The lowest BCUT2D eigenvalue weighted by molar-refractivity contribution is -0.167. The second-order valence-electron chi connectivity index (χ2n) is 22.0. The minimum Gasteiger partial charge on any atom is -0.462 e. The van der Waals surface area contributed by atoms with Crippen molar-refractivity contribution < 1.29 is 28.6 Å². The molecule has 6 nitrogen and oxygen atoms in total. The lowest BCUT2D eigenvalue weighted by Crippen LogP contribution is -2.30. The Morgan fingerprint density at radius 3 is 0.790 bits per heavy atom. The van der Waals surface area contributed by atoms with Gasteiger partial charge in [-0.2, -0.15) is 0 Å². The van der Waals surface area contributed by atoms with Crippen LogP contribution in [0.25, 0.3) is 0 Å². The summed E-state index contributed by atoms with van der Waals surface area (Å²) >= 11 is 0. The van der Waals surface area contributed by atoms with Crippen molar-refractivity contribution in [1.82, 2.24) is 0 Å². The van der Waals surface area contributed by atoms with Gasteiger partial charge in [-0.05, 0) is 141 Å². The molecule has 81 heavy (non-hydrogen) atoms. The third kappa shape index (κ3) is 66.2. The number of hydrogen-bond donors (Lipinski definition) is 0. The summed E-state index contributed by atoms with van der Waals surface area (Å²) < 4.78 is 16.9. The van der Waals surface area contributed by atoms with Gasteiger partial charge in [-0.25, -0.2) is 0 Å². The third-order valence-electron chi connectivity index (χ3n) is 14.1. The standard InChI is InChI=1S/C75H124O6/c1-4-7-10-13-16-19-22-25-28-30-32-34-35-36-37-38-39-41-42-44-47-50-53-56-59-62-65-68-74(77)80-71-72(70-79-73(76)67-64-61-58-55-52-49-46-27-24-21-18-15-12-9-6-3)81-75(78)69-66-63-60-57-54-51-48-45-43-40-33-31-29-26-23-20-17-14-11-8-5-2/h7,10,16,19,23,25-28,31-34,36-37,39,41,44,46-47,53,56,72H,4-6,8-9,11-15,17-18,20-22,24,29-30,35,38,40,42-43,45,48-52,54-55,57-71H2,1-3H3/b10-7-,19-16-,26-23-,28-25-,33-31-,34-32-,37-36-,41-39-,46-27-,47-44-,56-53-. The highest BCUT2D eigenvalue weighted by molar-refractivity contribution is 5.71. The topological polar surface area (TPSA) is 78.9 Å². The summed E-state index contributed by atoms with van der Waals surface area (Å²) in [5.74, 6) is -0.953. The number of esters is 3. The molecule has 0 amide bonds. The Hall–Kier alpha value is -4.45. The van der Waals surface area contributed by atoms with Crippen molar-refractivity contribution >= 4 is 17.9 Å². The van der Waals surface area contributed by atoms with Gasteiger partial charge in [0.1, 0.15) is 13.2 Å². The maximum Gasteiger partial charge on any atom is 0.306 e. The van der Waals surface area contributed by atoms with Crippen LogP contribution in [-0.4, -0.2) is 37.2 Å². The predicted octanol–water partition coefficient (Wildman–Crippen LogP) is 23.3. The SMILES string of the molecule is CC/C=C\C/C=C\C/C=C\C/C=C\C/C=C\C/C=C\C/C=C\C/C=C\CCCCC(=O)OCC(COC(=O)CCCCCCC/C=C\CCCCCCCC)OC(=O)CCCCCCCCCCC/C=C\C/C=C\CCCCCCC. The maximum atomic E-state index is 12.9. The van der Waals surface area contributed by atoms with E-state index in [9.17, 15) is 14.4 Å². The molecular formula is C75H124O6. The number of hydrogen-bond acceptors (Lipinski definition) is 6. The van der Waals surface area contributed by atoms with Gasteiger partial charge >= 0.3 is 17.9 Å². The van der Waals surface area contributed by atoms with E-state index in [0.29, 0.717) is 25.7 Å². The fraction of sp³-hybridized carbons (Fsp3) is 0.667. The van der Waals surface area contributed by atoms with Gasteiger partial charge in [-0.15, -0.1) is 0 Å². The van der Waals surface area contributed by atoms with Crippen LogP contribution >= 0.6 is 0 Å². The Bertz CT molecular complexity index is 1720. The Morgan fingerprint density at radius 1 is 0.259 bits per heavy atom. The van der Waals surface area contributed by atoms with Crippen molar-refractivity contribution in [2.45, 2.75) is 309 Å². The molecule has 0 aliphatic heterocycles. The second-order valence-corrected chi connectivity index (χ2v) is 22.0. The molecule has 0 aromatic carbocycles. The fourth-order valence-electron chi connectivity index (χ4n) is 9.07. The number of allylic oxidation sites excluding steroid dienone is 22. The van der Waals surface area contributed by atoms with Crippen LogP contribution in [0.15, 0.2) is 134 Å². The molecule has 0 heterocycles. The molecule has 0 saturated heterocycles. The van der Waals surface area contributed by atoms with Gasteiger partial charge in [0.25, 0.3) is 0 Å². The molecule has 1 atom stereocenters. The molecular weight excluding hydrogens is 997 g/mol. The van der Waals surface area contributed by atoms with E-state index in [1.807, 2.05) is 0 Å². The highest BCUT2D eigenvalue weighted by Crippen LogP contribution is 2.15. The van der Waals surface area contributed by atoms with Crippen molar-refractivity contribution in [3.05, 3.63) is 134 Å². The molecule has 1 unspecified atom stereocenters. The average Bonchev–Trinajstić information content (AvgIpc) is 3.47. The van der Waals surface area contributed by atoms with E-state index in [-0.39, 0.29) is 31.1 Å². The second kappa shape index (κ2) is 68.1. The highest BCUT2D eigenvalue weighted by Gasteiger charge is 2.19. The van der Waals surface area contributed by atoms with E-state index in [1.165, 1.54) is 135 Å². The first kappa shape index (κ1) is 76.5. The molecule has 0 saturated carbocycles. The van der Waals surface area contributed by atoms with E-state index in [4.69, 9.17) is 14.2 Å². The molecule has 460 valence electrons. The zero-order valence-electron chi connectivity index (χ0n) is 52.8. The van der Waals surface area contributed by atoms with E-state index >= 15 is 0 Å². The van der Waals surface area contributed by atoms with Crippen molar-refractivity contribution in [3.63, 3.8) is 0 Å². The van der Waals surface area contributed by atoms with Crippen molar-refractivity contribution in [2.75, 3.05) is 13.2 Å². The monoisotopic (exact) mass is 1120 g/mol. The van der Waals surface area contributed by atoms with Crippen molar-refractivity contribution in [2.24, 2.45) is 0 Å². The predicted molar refractivity (Wildman–Crippen MR) is 353 cm³/mol. The summed E-state index contributed by atoms with van der Waals surface area (Å²) in [5.41, 5.74) is 0. The minimum atomic E-state index is -0.808. The molecule has 0 radical (unpaired) electrons. The van der Waals surface area contributed by atoms with Crippen LogP contribution in [0.4, 0.5) is 0 Å². The summed E-state index contributed by atoms with van der Waals surface area (Å²) in [5, 5.41) is 0. The van der Waals surface area contributed by atoms with Crippen molar-refractivity contribution in [3.8, 4) is 0 Å². The molecule has 0 aromatic heterocycles. The smallest absolute Gasteiger partial charge is 0.306 e. The summed E-state index contributed by atoms with van der Waals surface area (Å²) in [4.78, 5) is 38.4. The lowest BCUT2D eigenvalue weighted by Gasteiger charge is -2.18. The Morgan fingerprint density at radius 2 is 0.481 bits per heavy atom. The Labute approximate surface area is 500 Å². The van der Waals surface area contributed by atoms with Crippen molar-refractivity contribution in [1.29, 1.82) is 0 Å². The lowest BCUT2D eigenvalue weighted by atomic mass is 10.1. The number of rotatable bonds is 60. The van der Waals surface area contributed by atoms with Gasteiger partial charge < -0.3 is 14.2 Å². The molecule has 6 heteroatoms. The van der Waals surface area contributed by atoms with Crippen LogP contribution in [0.2, 0.25) is 0 Å². The molecule has 0 aliphatic rings. The van der Waals surface area contributed by atoms with E-state index < -0.39 is 6.10 Å². The zero-order chi connectivity index (χ0) is 58.5. The maximum absolute atomic E-state index is 12.9. The summed E-state index contributed by atoms with van der Waals surface area (Å²) in [7, 11) is 0. The fourth-order valence-corrected chi connectivity index (χ4v) is 9.07. The van der Waals surface area contributed by atoms with Gasteiger partial charge in [0, 0.05) is 19.3 Å². The van der Waals surface area contributed by atoms with Crippen LogP contribution in [0, 0.1) is 0 Å². The average molecular weight is 1120 g/mol. The Balaban J connectivity index is 4.47. The van der Waals surface area contributed by atoms with Gasteiger partial charge in [-0.3, -0.25) is 14.4 Å². The minimum absolute atomic E-state index is 0.101.